The molecule has 35 heavy (non-hydrogen) atoms. The van der Waals surface area contributed by atoms with Gasteiger partial charge in [0.15, 0.2) is 0 Å². The fourth-order valence-corrected chi connectivity index (χ4v) is 5.88. The topological polar surface area (TPSA) is 86.5 Å². The van der Waals surface area contributed by atoms with Gasteiger partial charge in [-0.25, -0.2) is 4.39 Å². The van der Waals surface area contributed by atoms with Crippen molar-refractivity contribution in [3.63, 3.8) is 0 Å². The van der Waals surface area contributed by atoms with Gasteiger partial charge in [-0.3, -0.25) is 14.5 Å². The van der Waals surface area contributed by atoms with Gasteiger partial charge in [0.25, 0.3) is 0 Å². The monoisotopic (exact) mass is 478 g/mol. The van der Waals surface area contributed by atoms with Gasteiger partial charge in [-0.15, -0.1) is 0 Å². The van der Waals surface area contributed by atoms with Crippen molar-refractivity contribution in [3.05, 3.63) is 71.2 Å². The average Bonchev–Trinajstić information content (AvgIpc) is 3.24. The predicted molar refractivity (Wildman–Crippen MR) is 131 cm³/mol. The first-order valence-electron chi connectivity index (χ1n) is 12.1. The Morgan fingerprint density at radius 2 is 1.83 bits per heavy atom. The molecule has 0 bridgehead atoms. The van der Waals surface area contributed by atoms with Gasteiger partial charge >= 0.3 is 5.97 Å². The molecule has 0 unspecified atom stereocenters. The molecule has 3 N–H and O–H groups in total. The first-order valence-corrected chi connectivity index (χ1v) is 12.1. The Kier molecular flexibility index (Phi) is 6.58. The van der Waals surface area contributed by atoms with Crippen molar-refractivity contribution >= 4 is 22.8 Å². The number of methoxy groups -OCH3 is 1. The van der Waals surface area contributed by atoms with E-state index >= 15 is 4.39 Å². The summed E-state index contributed by atoms with van der Waals surface area (Å²) in [6.45, 7) is 2.63. The quantitative estimate of drug-likeness (QED) is 0.374. The van der Waals surface area contributed by atoms with Crippen LogP contribution in [0.4, 0.5) is 4.39 Å². The van der Waals surface area contributed by atoms with Crippen LogP contribution in [0.1, 0.15) is 48.7 Å². The highest BCUT2D eigenvalue weighted by molar-refractivity contribution is 5.87. The number of amides is 1. The third-order valence-corrected chi connectivity index (χ3v) is 7.34. The van der Waals surface area contributed by atoms with E-state index in [9.17, 15) is 9.59 Å². The minimum Gasteiger partial charge on any atom is -0.468 e. The van der Waals surface area contributed by atoms with Crippen LogP contribution in [0.2, 0.25) is 0 Å². The summed E-state index contributed by atoms with van der Waals surface area (Å²) in [7, 11) is 1.41. The Hall–Kier alpha value is -3.23. The first kappa shape index (κ1) is 23.5. The summed E-state index contributed by atoms with van der Waals surface area (Å²) in [5.74, 6) is -0.646. The zero-order valence-corrected chi connectivity index (χ0v) is 20.0. The minimum atomic E-state index is -0.512. The van der Waals surface area contributed by atoms with E-state index in [1.807, 2.05) is 30.3 Å². The van der Waals surface area contributed by atoms with Gasteiger partial charge in [0.05, 0.1) is 13.2 Å². The van der Waals surface area contributed by atoms with Crippen molar-refractivity contribution in [2.75, 3.05) is 20.2 Å². The number of halogens is 1. The van der Waals surface area contributed by atoms with E-state index in [4.69, 9.17) is 4.74 Å². The van der Waals surface area contributed by atoms with Crippen LogP contribution < -0.4 is 10.6 Å². The highest BCUT2D eigenvalue weighted by Crippen LogP contribution is 2.49. The zero-order chi connectivity index (χ0) is 24.5. The molecule has 2 aliphatic heterocycles. The van der Waals surface area contributed by atoms with Crippen LogP contribution in [0.3, 0.4) is 0 Å². The van der Waals surface area contributed by atoms with Gasteiger partial charge in [-0.2, -0.15) is 0 Å². The molecule has 1 fully saturated rings. The number of fused-ring (bicyclic) bond motifs is 5. The van der Waals surface area contributed by atoms with Crippen LogP contribution in [0.25, 0.3) is 10.9 Å². The summed E-state index contributed by atoms with van der Waals surface area (Å²) in [5, 5.41) is 7.49. The Morgan fingerprint density at radius 3 is 2.60 bits per heavy atom. The number of aromatic nitrogens is 1. The third kappa shape index (κ3) is 4.44. The summed E-state index contributed by atoms with van der Waals surface area (Å²) in [4.78, 5) is 30.1. The van der Waals surface area contributed by atoms with Crippen LogP contribution in [0, 0.1) is 5.82 Å². The molecule has 0 aliphatic carbocycles. The largest absolute Gasteiger partial charge is 0.468 e. The SMILES string of the molecule is COC(=O)[C@@H]1Cc2c([nH]c3ccccc23)[C@H]2C[C@H](NCCNC(C)=O)C[C@@H](c3ccccc3F)N21. The van der Waals surface area contributed by atoms with E-state index in [0.29, 0.717) is 31.5 Å². The number of nitrogens with zero attached hydrogens (tertiary/aromatic N) is 1. The number of hydrogen-bond donors (Lipinski definition) is 3. The van der Waals surface area contributed by atoms with E-state index in [1.165, 1.54) is 20.1 Å². The second-order valence-corrected chi connectivity index (χ2v) is 9.41. The molecule has 0 spiro atoms. The van der Waals surface area contributed by atoms with Crippen molar-refractivity contribution in [3.8, 4) is 0 Å². The van der Waals surface area contributed by atoms with E-state index in [0.717, 1.165) is 28.6 Å². The van der Waals surface area contributed by atoms with Crippen molar-refractivity contribution in [2.24, 2.45) is 0 Å². The smallest absolute Gasteiger partial charge is 0.323 e. The summed E-state index contributed by atoms with van der Waals surface area (Å²) >= 11 is 0. The summed E-state index contributed by atoms with van der Waals surface area (Å²) in [5.41, 5.74) is 3.83. The average molecular weight is 479 g/mol. The highest BCUT2D eigenvalue weighted by atomic mass is 19.1. The molecular weight excluding hydrogens is 447 g/mol. The molecule has 7 nitrogen and oxygen atoms in total. The molecule has 0 saturated carbocycles. The number of nitrogens with one attached hydrogen (secondary N) is 3. The maximum atomic E-state index is 15.1. The van der Waals surface area contributed by atoms with E-state index in [-0.39, 0.29) is 35.8 Å². The number of benzene rings is 2. The molecule has 2 aliphatic rings. The second kappa shape index (κ2) is 9.79. The van der Waals surface area contributed by atoms with Crippen LogP contribution in [0.15, 0.2) is 48.5 Å². The summed E-state index contributed by atoms with van der Waals surface area (Å²) < 4.78 is 20.4. The Morgan fingerprint density at radius 1 is 1.09 bits per heavy atom. The van der Waals surface area contributed by atoms with Gasteiger partial charge in [0.1, 0.15) is 11.9 Å². The number of para-hydroxylation sites is 1. The normalized spacial score (nSPS) is 24.0. The Labute approximate surface area is 204 Å². The zero-order valence-electron chi connectivity index (χ0n) is 20.0. The van der Waals surface area contributed by atoms with Crippen LogP contribution in [-0.4, -0.2) is 54.0 Å². The maximum absolute atomic E-state index is 15.1. The molecule has 8 heteroatoms. The number of rotatable bonds is 6. The molecule has 3 aromatic rings. The lowest BCUT2D eigenvalue weighted by Crippen LogP contribution is -2.56. The molecule has 3 heterocycles. The molecule has 5 rings (SSSR count). The molecule has 1 amide bonds. The lowest BCUT2D eigenvalue weighted by atomic mass is 9.79. The third-order valence-electron chi connectivity index (χ3n) is 7.34. The number of aromatic amines is 1. The Bertz CT molecular complexity index is 1240. The van der Waals surface area contributed by atoms with Gasteiger partial charge in [-0.1, -0.05) is 36.4 Å². The van der Waals surface area contributed by atoms with Gasteiger partial charge in [0.2, 0.25) is 5.91 Å². The van der Waals surface area contributed by atoms with Crippen molar-refractivity contribution in [1.29, 1.82) is 0 Å². The number of esters is 1. The molecule has 1 aromatic heterocycles. The number of ether oxygens (including phenoxy) is 1. The van der Waals surface area contributed by atoms with Crippen LogP contribution in [-0.2, 0) is 20.7 Å². The van der Waals surface area contributed by atoms with E-state index < -0.39 is 6.04 Å². The standard InChI is InChI=1S/C27H31FN4O3/c1-16(33)29-11-12-30-17-13-23(19-8-3-5-9-21(19)28)32-24(14-17)26-20(15-25(32)27(34)35-2)18-7-4-6-10-22(18)31-26/h3-10,17,23-25,30-31H,11-15H2,1-2H3,(H,29,33)/t17-,23+,24-,25+/m1/s1. The van der Waals surface area contributed by atoms with Crippen molar-refractivity contribution in [2.45, 2.75) is 50.4 Å². The summed E-state index contributed by atoms with van der Waals surface area (Å²) in [6.07, 6.45) is 1.90. The molecule has 1 saturated heterocycles. The lowest BCUT2D eigenvalue weighted by Gasteiger charge is -2.50. The Balaban J connectivity index is 1.57. The van der Waals surface area contributed by atoms with Crippen LogP contribution in [0.5, 0.6) is 0 Å². The van der Waals surface area contributed by atoms with Gasteiger partial charge < -0.3 is 20.4 Å². The number of hydrogen-bond acceptors (Lipinski definition) is 5. The number of carbonyl (C=O) groups is 2. The molecule has 2 aromatic carbocycles. The fraction of sp³-hybridized carbons (Fsp3) is 0.407. The highest BCUT2D eigenvalue weighted by Gasteiger charge is 2.48. The molecule has 184 valence electrons. The number of carbonyl (C=O) groups excluding carboxylic acids is 2. The van der Waals surface area contributed by atoms with Gasteiger partial charge in [0, 0.05) is 60.7 Å². The van der Waals surface area contributed by atoms with Crippen LogP contribution >= 0.6 is 0 Å². The number of piperidine rings is 1. The van der Waals surface area contributed by atoms with E-state index in [2.05, 4.69) is 26.6 Å². The predicted octanol–water partition coefficient (Wildman–Crippen LogP) is 3.38. The van der Waals surface area contributed by atoms with Crippen molar-refractivity contribution in [1.82, 2.24) is 20.5 Å². The summed E-state index contributed by atoms with van der Waals surface area (Å²) in [6, 6.07) is 14.1. The minimum absolute atomic E-state index is 0.0678. The fourth-order valence-electron chi connectivity index (χ4n) is 5.88. The molecule has 0 radical (unpaired) electrons. The lowest BCUT2D eigenvalue weighted by molar-refractivity contribution is -0.152. The molecular formula is C27H31FN4O3. The first-order chi connectivity index (χ1) is 17.0. The van der Waals surface area contributed by atoms with Gasteiger partial charge in [-0.05, 0) is 30.5 Å². The second-order valence-electron chi connectivity index (χ2n) is 9.41. The number of H-pyrrole nitrogens is 1. The van der Waals surface area contributed by atoms with E-state index in [1.54, 1.807) is 6.07 Å². The molecule has 4 atom stereocenters. The van der Waals surface area contributed by atoms with Crippen molar-refractivity contribution < 1.29 is 18.7 Å². The maximum Gasteiger partial charge on any atom is 0.323 e.